The summed E-state index contributed by atoms with van der Waals surface area (Å²) >= 11 is 0. The van der Waals surface area contributed by atoms with Crippen LogP contribution in [0.15, 0.2) is 41.7 Å². The smallest absolute Gasteiger partial charge is 0.0992 e. The molecule has 0 fully saturated rings. The first kappa shape index (κ1) is 10.2. The summed E-state index contributed by atoms with van der Waals surface area (Å²) in [4.78, 5) is 8.83. The molecule has 0 radical (unpaired) electrons. The Kier molecular flexibility index (Phi) is 1.95. The first-order valence-corrected chi connectivity index (χ1v) is 6.12. The normalized spacial score (nSPS) is 14.7. The van der Waals surface area contributed by atoms with Crippen molar-refractivity contribution >= 4 is 23.0 Å². The van der Waals surface area contributed by atoms with Crippen molar-refractivity contribution in [3.05, 3.63) is 58.9 Å². The predicted molar refractivity (Wildman–Crippen MR) is 74.1 cm³/mol. The van der Waals surface area contributed by atoms with Crippen molar-refractivity contribution in [3.8, 4) is 6.07 Å². The van der Waals surface area contributed by atoms with Gasteiger partial charge in [-0.3, -0.25) is 9.98 Å². The third-order valence-corrected chi connectivity index (χ3v) is 3.59. The Morgan fingerprint density at radius 2 is 2.16 bits per heavy atom. The van der Waals surface area contributed by atoms with Gasteiger partial charge >= 0.3 is 0 Å². The van der Waals surface area contributed by atoms with Crippen LogP contribution in [-0.4, -0.2) is 10.7 Å². The van der Waals surface area contributed by atoms with E-state index in [0.29, 0.717) is 5.56 Å². The molecular weight excluding hydrogens is 234 g/mol. The first-order chi connectivity index (χ1) is 9.35. The van der Waals surface area contributed by atoms with E-state index >= 15 is 0 Å². The molecule has 2 heterocycles. The molecule has 3 nitrogen and oxygen atoms in total. The second kappa shape index (κ2) is 3.63. The lowest BCUT2D eigenvalue weighted by atomic mass is 9.89. The van der Waals surface area contributed by atoms with Gasteiger partial charge in [0.1, 0.15) is 0 Å². The van der Waals surface area contributed by atoms with Gasteiger partial charge in [0.2, 0.25) is 0 Å². The maximum absolute atomic E-state index is 8.95. The van der Waals surface area contributed by atoms with Crippen LogP contribution in [0.5, 0.6) is 0 Å². The lowest BCUT2D eigenvalue weighted by Gasteiger charge is -2.14. The van der Waals surface area contributed by atoms with E-state index < -0.39 is 0 Å². The Morgan fingerprint density at radius 3 is 3.05 bits per heavy atom. The van der Waals surface area contributed by atoms with Crippen LogP contribution in [0.1, 0.15) is 22.3 Å². The molecule has 0 saturated heterocycles. The van der Waals surface area contributed by atoms with Crippen molar-refractivity contribution < 1.29 is 0 Å². The molecule has 0 amide bonds. The fourth-order valence-corrected chi connectivity index (χ4v) is 2.64. The summed E-state index contributed by atoms with van der Waals surface area (Å²) in [7, 11) is 0. The highest BCUT2D eigenvalue weighted by molar-refractivity contribution is 6.34. The maximum atomic E-state index is 8.95. The van der Waals surface area contributed by atoms with Gasteiger partial charge in [-0.15, -0.1) is 0 Å². The Morgan fingerprint density at radius 1 is 1.21 bits per heavy atom. The van der Waals surface area contributed by atoms with Crippen LogP contribution >= 0.6 is 0 Å². The highest BCUT2D eigenvalue weighted by atomic mass is 14.8. The zero-order valence-corrected chi connectivity index (χ0v) is 10.1. The number of hydrogen-bond donors (Lipinski definition) is 0. The largest absolute Gasteiger partial charge is 0.264 e. The third-order valence-electron chi connectivity index (χ3n) is 3.59. The molecule has 0 saturated carbocycles. The number of allylic oxidation sites excluding steroid dienone is 1. The zero-order chi connectivity index (χ0) is 12.8. The Bertz CT molecular complexity index is 807. The minimum absolute atomic E-state index is 0.654. The van der Waals surface area contributed by atoms with Crippen LogP contribution < -0.4 is 0 Å². The zero-order valence-electron chi connectivity index (χ0n) is 10.1. The van der Waals surface area contributed by atoms with Crippen molar-refractivity contribution in [2.75, 3.05) is 0 Å². The number of nitriles is 1. The quantitative estimate of drug-likeness (QED) is 0.713. The highest BCUT2D eigenvalue weighted by Gasteiger charge is 2.25. The summed E-state index contributed by atoms with van der Waals surface area (Å²) in [6, 6.07) is 9.87. The Labute approximate surface area is 110 Å². The van der Waals surface area contributed by atoms with Crippen molar-refractivity contribution in [1.29, 1.82) is 5.26 Å². The second-order valence-corrected chi connectivity index (χ2v) is 4.71. The molecule has 1 aromatic heterocycles. The highest BCUT2D eigenvalue weighted by Crippen LogP contribution is 2.40. The summed E-state index contributed by atoms with van der Waals surface area (Å²) in [5, 5.41) is 8.95. The Balaban J connectivity index is 1.92. The molecule has 88 valence electrons. The van der Waals surface area contributed by atoms with Gasteiger partial charge in [-0.25, -0.2) is 0 Å². The predicted octanol–water partition coefficient (Wildman–Crippen LogP) is 3.14. The number of nitrogens with zero attached hydrogens (tertiary/aromatic N) is 3. The van der Waals surface area contributed by atoms with E-state index in [1.54, 1.807) is 0 Å². The maximum Gasteiger partial charge on any atom is 0.0992 e. The van der Waals surface area contributed by atoms with Gasteiger partial charge in [0, 0.05) is 30.0 Å². The standard InChI is InChI=1S/C16H9N3/c17-8-10-1-2-13-14-6-12-9-18-4-3-11(12)7-16(14)19-15(13)5-10/h1-6,9H,7H2. The first-order valence-electron chi connectivity index (χ1n) is 6.12. The molecule has 4 rings (SSSR count). The molecule has 0 unspecified atom stereocenters. The molecule has 1 aliphatic heterocycles. The minimum Gasteiger partial charge on any atom is -0.264 e. The van der Waals surface area contributed by atoms with Gasteiger partial charge in [0.15, 0.2) is 0 Å². The van der Waals surface area contributed by atoms with Crippen LogP contribution in [0.25, 0.3) is 11.6 Å². The van der Waals surface area contributed by atoms with E-state index in [2.05, 4.69) is 22.1 Å². The molecule has 0 atom stereocenters. The van der Waals surface area contributed by atoms with E-state index in [0.717, 1.165) is 28.9 Å². The lowest BCUT2D eigenvalue weighted by molar-refractivity contribution is 1.22. The molecule has 1 aliphatic carbocycles. The Hall–Kier alpha value is -2.73. The molecule has 3 heteroatoms. The average Bonchev–Trinajstić information content (AvgIpc) is 2.81. The molecule has 0 spiro atoms. The molecule has 0 N–H and O–H groups in total. The summed E-state index contributed by atoms with van der Waals surface area (Å²) in [5.74, 6) is 0. The van der Waals surface area contributed by atoms with Crippen LogP contribution in [-0.2, 0) is 6.42 Å². The lowest BCUT2D eigenvalue weighted by Crippen LogP contribution is -2.08. The van der Waals surface area contributed by atoms with Gasteiger partial charge < -0.3 is 0 Å². The molecule has 2 aromatic rings. The summed E-state index contributed by atoms with van der Waals surface area (Å²) in [5.41, 5.74) is 7.34. The fourth-order valence-electron chi connectivity index (χ4n) is 2.64. The van der Waals surface area contributed by atoms with Gasteiger partial charge in [-0.05, 0) is 35.4 Å². The van der Waals surface area contributed by atoms with Crippen LogP contribution in [0.3, 0.4) is 0 Å². The van der Waals surface area contributed by atoms with Crippen LogP contribution in [0.2, 0.25) is 0 Å². The van der Waals surface area contributed by atoms with Crippen molar-refractivity contribution in [3.63, 3.8) is 0 Å². The molecule has 0 bridgehead atoms. The van der Waals surface area contributed by atoms with Gasteiger partial charge in [-0.1, -0.05) is 6.07 Å². The SMILES string of the molecule is N#Cc1ccc2c(c1)N=C1Cc3ccncc3C=C12. The van der Waals surface area contributed by atoms with Crippen molar-refractivity contribution in [2.24, 2.45) is 4.99 Å². The number of fused-ring (bicyclic) bond motifs is 4. The van der Waals surface area contributed by atoms with Crippen LogP contribution in [0, 0.1) is 11.3 Å². The van der Waals surface area contributed by atoms with E-state index in [9.17, 15) is 0 Å². The van der Waals surface area contributed by atoms with Crippen LogP contribution in [0.4, 0.5) is 5.69 Å². The topological polar surface area (TPSA) is 49.0 Å². The summed E-state index contributed by atoms with van der Waals surface area (Å²) in [6.07, 6.45) is 6.68. The number of benzene rings is 1. The molecule has 2 aliphatic rings. The average molecular weight is 243 g/mol. The number of aromatic nitrogens is 1. The van der Waals surface area contributed by atoms with Gasteiger partial charge in [0.25, 0.3) is 0 Å². The van der Waals surface area contributed by atoms with E-state index in [-0.39, 0.29) is 0 Å². The summed E-state index contributed by atoms with van der Waals surface area (Å²) < 4.78 is 0. The third kappa shape index (κ3) is 1.44. The summed E-state index contributed by atoms with van der Waals surface area (Å²) in [6.45, 7) is 0. The molecule has 1 aromatic carbocycles. The number of hydrogen-bond acceptors (Lipinski definition) is 3. The van der Waals surface area contributed by atoms with Crippen molar-refractivity contribution in [2.45, 2.75) is 6.42 Å². The number of aliphatic imine (C=N–C) groups is 1. The molecule has 19 heavy (non-hydrogen) atoms. The van der Waals surface area contributed by atoms with E-state index in [1.165, 1.54) is 11.1 Å². The van der Waals surface area contributed by atoms with E-state index in [1.807, 2.05) is 36.7 Å². The second-order valence-electron chi connectivity index (χ2n) is 4.71. The van der Waals surface area contributed by atoms with Gasteiger partial charge in [0.05, 0.1) is 23.0 Å². The van der Waals surface area contributed by atoms with Crippen molar-refractivity contribution in [1.82, 2.24) is 4.98 Å². The monoisotopic (exact) mass is 243 g/mol. The minimum atomic E-state index is 0.654. The van der Waals surface area contributed by atoms with Gasteiger partial charge in [-0.2, -0.15) is 5.26 Å². The van der Waals surface area contributed by atoms with E-state index in [4.69, 9.17) is 5.26 Å². The number of pyridine rings is 1. The fraction of sp³-hybridized carbons (Fsp3) is 0.0625. The molecular formula is C16H9N3. The number of rotatable bonds is 0.